The van der Waals surface area contributed by atoms with Gasteiger partial charge in [0.25, 0.3) is 0 Å². The van der Waals surface area contributed by atoms with Gasteiger partial charge in [-0.15, -0.1) is 0 Å². The van der Waals surface area contributed by atoms with Gasteiger partial charge in [-0.1, -0.05) is 0 Å². The molecule has 0 nitrogen and oxygen atoms in total. The first-order chi connectivity index (χ1) is 9.59. The molecule has 116 valence electrons. The molecule has 0 fully saturated rings. The Bertz CT molecular complexity index is 339. The molecule has 2 heteroatoms. The first-order valence-corrected chi connectivity index (χ1v) is 17.0. The first kappa shape index (κ1) is 18.5. The summed E-state index contributed by atoms with van der Waals surface area (Å²) in [5.74, 6) is 0. The van der Waals surface area contributed by atoms with Crippen molar-refractivity contribution in [3.05, 3.63) is 16.5 Å². The van der Waals surface area contributed by atoms with Gasteiger partial charge in [-0.3, -0.25) is 0 Å². The summed E-state index contributed by atoms with van der Waals surface area (Å²) in [5, 5.41) is 0. The van der Waals surface area contributed by atoms with E-state index in [4.69, 9.17) is 0 Å². The van der Waals surface area contributed by atoms with Crippen molar-refractivity contribution in [2.75, 3.05) is 0 Å². The van der Waals surface area contributed by atoms with Gasteiger partial charge in [-0.25, -0.2) is 0 Å². The average molecular weight is 401 g/mol. The molecule has 0 unspecified atom stereocenters. The second-order valence-corrected chi connectivity index (χ2v) is 21.9. The Labute approximate surface area is 135 Å². The molecule has 0 saturated carbocycles. The number of thiophene rings is 1. The molecule has 0 N–H and O–H groups in total. The van der Waals surface area contributed by atoms with Crippen molar-refractivity contribution in [2.45, 2.75) is 86.5 Å². The molecule has 0 saturated heterocycles. The van der Waals surface area contributed by atoms with Gasteiger partial charge in [0.1, 0.15) is 0 Å². The third kappa shape index (κ3) is 5.05. The molecule has 20 heavy (non-hydrogen) atoms. The van der Waals surface area contributed by atoms with E-state index in [1.54, 1.807) is 23.8 Å². The minimum atomic E-state index is -2.10. The zero-order chi connectivity index (χ0) is 15.0. The van der Waals surface area contributed by atoms with E-state index in [0.29, 0.717) is 0 Å². The molecule has 1 aromatic heterocycles. The minimum absolute atomic E-state index is 1.38. The number of hydrogen-bond donors (Lipinski definition) is 0. The van der Waals surface area contributed by atoms with Crippen LogP contribution in [0.5, 0.6) is 0 Å². The number of unbranched alkanes of at least 4 members (excludes halogenated alkanes) is 3. The Hall–Kier alpha value is 0.499. The molecule has 1 heterocycles. The van der Waals surface area contributed by atoms with Crippen molar-refractivity contribution in [1.29, 1.82) is 0 Å². The molecular formula is C18H34SSn. The van der Waals surface area contributed by atoms with Gasteiger partial charge >= 0.3 is 136 Å². The summed E-state index contributed by atoms with van der Waals surface area (Å²) >= 11 is 0.0667. The molecule has 0 aromatic carbocycles. The molecule has 0 aliphatic heterocycles. The van der Waals surface area contributed by atoms with Crippen LogP contribution in [0.2, 0.25) is 13.3 Å². The predicted octanol–water partition coefficient (Wildman–Crippen LogP) is 6.42. The van der Waals surface area contributed by atoms with Crippen LogP contribution in [0.3, 0.4) is 0 Å². The van der Waals surface area contributed by atoms with Crippen LogP contribution in [0.15, 0.2) is 6.07 Å². The summed E-state index contributed by atoms with van der Waals surface area (Å²) < 4.78 is 6.70. The number of hydrogen-bond acceptors (Lipinski definition) is 1. The average Bonchev–Trinajstić information content (AvgIpc) is 2.79. The standard InChI is InChI=1S/C6H7S.3C4H9.Sn/c1-5-3-4-7-6(5)2;3*1-3-4-2;/h3H,1-2H3;3*1,3-4H2,2H3;. The van der Waals surface area contributed by atoms with E-state index in [9.17, 15) is 0 Å². The summed E-state index contributed by atoms with van der Waals surface area (Å²) in [6, 6.07) is 2.59. The van der Waals surface area contributed by atoms with Crippen molar-refractivity contribution in [2.24, 2.45) is 0 Å². The van der Waals surface area contributed by atoms with Gasteiger partial charge in [0.15, 0.2) is 0 Å². The first-order valence-electron chi connectivity index (χ1n) is 8.67. The van der Waals surface area contributed by atoms with Crippen LogP contribution in [-0.2, 0) is 0 Å². The molecule has 1 rings (SSSR count). The third-order valence-corrected chi connectivity index (χ3v) is 24.1. The van der Waals surface area contributed by atoms with Crippen LogP contribution in [-0.4, -0.2) is 18.4 Å². The van der Waals surface area contributed by atoms with Crippen LogP contribution >= 0.6 is 11.3 Å². The van der Waals surface area contributed by atoms with Gasteiger partial charge in [0.05, 0.1) is 0 Å². The molecule has 1 aromatic rings. The van der Waals surface area contributed by atoms with Crippen LogP contribution in [0.1, 0.15) is 69.7 Å². The van der Waals surface area contributed by atoms with Gasteiger partial charge in [0, 0.05) is 0 Å². The van der Waals surface area contributed by atoms with Crippen molar-refractivity contribution in [1.82, 2.24) is 0 Å². The van der Waals surface area contributed by atoms with Crippen LogP contribution in [0.4, 0.5) is 0 Å². The van der Waals surface area contributed by atoms with Gasteiger partial charge in [0.2, 0.25) is 0 Å². The van der Waals surface area contributed by atoms with E-state index < -0.39 is 18.4 Å². The molecule has 0 amide bonds. The predicted molar refractivity (Wildman–Crippen MR) is 98.3 cm³/mol. The molecular weight excluding hydrogens is 367 g/mol. The normalized spacial score (nSPS) is 12.1. The summed E-state index contributed by atoms with van der Waals surface area (Å²) in [6.45, 7) is 11.7. The topological polar surface area (TPSA) is 0 Å². The fourth-order valence-electron chi connectivity index (χ4n) is 3.12. The van der Waals surface area contributed by atoms with Crippen molar-refractivity contribution >= 4 is 32.6 Å². The number of aryl methyl sites for hydroxylation is 2. The summed E-state index contributed by atoms with van der Waals surface area (Å²) in [7, 11) is 0. The van der Waals surface area contributed by atoms with Crippen LogP contribution in [0, 0.1) is 13.8 Å². The summed E-state index contributed by atoms with van der Waals surface area (Å²) in [6.07, 6.45) is 8.54. The second-order valence-electron chi connectivity index (χ2n) is 6.44. The Balaban J connectivity index is 3.04. The van der Waals surface area contributed by atoms with Crippen LogP contribution in [0.25, 0.3) is 0 Å². The van der Waals surface area contributed by atoms with E-state index in [0.717, 1.165) is 0 Å². The van der Waals surface area contributed by atoms with Crippen LogP contribution < -0.4 is 2.89 Å². The zero-order valence-electron chi connectivity index (χ0n) is 14.3. The van der Waals surface area contributed by atoms with Crippen molar-refractivity contribution < 1.29 is 0 Å². The van der Waals surface area contributed by atoms with E-state index >= 15 is 0 Å². The summed E-state index contributed by atoms with van der Waals surface area (Å²) in [5.41, 5.74) is 1.55. The quantitative estimate of drug-likeness (QED) is 0.397. The molecule has 0 atom stereocenters. The Morgan fingerprint density at radius 3 is 1.60 bits per heavy atom. The molecule has 0 bridgehead atoms. The zero-order valence-corrected chi connectivity index (χ0v) is 18.0. The maximum absolute atomic E-state index is 2.59. The van der Waals surface area contributed by atoms with Crippen molar-refractivity contribution in [3.63, 3.8) is 0 Å². The van der Waals surface area contributed by atoms with E-state index in [-0.39, 0.29) is 0 Å². The molecule has 0 aliphatic carbocycles. The molecule has 0 spiro atoms. The summed E-state index contributed by atoms with van der Waals surface area (Å²) in [4.78, 5) is 1.57. The second kappa shape index (κ2) is 9.50. The van der Waals surface area contributed by atoms with E-state index in [2.05, 4.69) is 52.0 Å². The monoisotopic (exact) mass is 402 g/mol. The van der Waals surface area contributed by atoms with E-state index in [1.807, 2.05) is 2.89 Å². The third-order valence-electron chi connectivity index (χ3n) is 4.72. The van der Waals surface area contributed by atoms with Gasteiger partial charge < -0.3 is 0 Å². The fourth-order valence-corrected chi connectivity index (χ4v) is 23.9. The Kier molecular flexibility index (Phi) is 8.81. The Morgan fingerprint density at radius 1 is 0.850 bits per heavy atom. The van der Waals surface area contributed by atoms with Gasteiger partial charge in [-0.05, 0) is 0 Å². The fraction of sp³-hybridized carbons (Fsp3) is 0.778. The maximum atomic E-state index is 2.59. The van der Waals surface area contributed by atoms with E-state index in [1.165, 1.54) is 38.5 Å². The Morgan fingerprint density at radius 2 is 1.30 bits per heavy atom. The molecule has 0 radical (unpaired) electrons. The SMILES string of the molecule is CCC[CH2][Sn]([CH2]CCC)([CH2]CCC)[c]1cc(C)c(C)s1. The van der Waals surface area contributed by atoms with Gasteiger partial charge in [-0.2, -0.15) is 0 Å². The molecule has 0 aliphatic rings. The number of rotatable bonds is 10. The van der Waals surface area contributed by atoms with Crippen molar-refractivity contribution in [3.8, 4) is 0 Å².